The number of hydrogen-bond acceptors (Lipinski definition) is 5. The summed E-state index contributed by atoms with van der Waals surface area (Å²) >= 11 is 0. The topological polar surface area (TPSA) is 102 Å². The third kappa shape index (κ3) is 4.59. The van der Waals surface area contributed by atoms with Crippen LogP contribution in [-0.4, -0.2) is 9.55 Å². The molecule has 3 aromatic heterocycles. The number of pyridine rings is 1. The molecule has 0 unspecified atom stereocenters. The number of hydrogen-bond donors (Lipinski definition) is 0. The Morgan fingerprint density at radius 1 is 0.480 bits per heavy atom. The van der Waals surface area contributed by atoms with Gasteiger partial charge in [0.2, 0.25) is 0 Å². The second-order valence-electron chi connectivity index (χ2n) is 12.2. The molecule has 0 spiro atoms. The molecule has 230 valence electrons. The molecule has 0 saturated heterocycles. The van der Waals surface area contributed by atoms with Gasteiger partial charge in [-0.1, -0.05) is 48.5 Å². The van der Waals surface area contributed by atoms with Crippen LogP contribution in [0.25, 0.3) is 83.1 Å². The molecule has 0 aliphatic carbocycles. The summed E-state index contributed by atoms with van der Waals surface area (Å²) in [4.78, 5) is 5.08. The number of nitrogens with zero attached hydrogens (tertiary/aromatic N) is 5. The highest BCUT2D eigenvalue weighted by atomic mass is 16.3. The van der Waals surface area contributed by atoms with Gasteiger partial charge in [0, 0.05) is 38.4 Å². The summed E-state index contributed by atoms with van der Waals surface area (Å²) in [5.41, 5.74) is 11.2. The molecule has 0 N–H and O–H groups in total. The zero-order valence-electron chi connectivity index (χ0n) is 26.4. The lowest BCUT2D eigenvalue weighted by Crippen LogP contribution is -1.97. The molecule has 0 amide bonds. The molecule has 0 aliphatic rings. The first-order chi connectivity index (χ1) is 24.6. The summed E-state index contributed by atoms with van der Waals surface area (Å²) in [7, 11) is 0. The summed E-state index contributed by atoms with van der Waals surface area (Å²) in [6.07, 6.45) is 0. The van der Waals surface area contributed by atoms with E-state index in [9.17, 15) is 15.8 Å². The lowest BCUT2D eigenvalue weighted by molar-refractivity contribution is 0.669. The molecule has 9 rings (SSSR count). The van der Waals surface area contributed by atoms with Gasteiger partial charge in [-0.05, 0) is 102 Å². The van der Waals surface area contributed by atoms with Crippen LogP contribution in [0.3, 0.4) is 0 Å². The Balaban J connectivity index is 1.32. The van der Waals surface area contributed by atoms with Crippen LogP contribution in [0, 0.1) is 34.0 Å². The molecule has 6 nitrogen and oxygen atoms in total. The van der Waals surface area contributed by atoms with E-state index in [1.165, 1.54) is 0 Å². The summed E-state index contributed by atoms with van der Waals surface area (Å²) < 4.78 is 8.33. The van der Waals surface area contributed by atoms with Gasteiger partial charge in [-0.3, -0.25) is 0 Å². The Hall–Kier alpha value is -7.46. The van der Waals surface area contributed by atoms with Gasteiger partial charge in [-0.25, -0.2) is 4.98 Å². The highest BCUT2D eigenvalue weighted by Crippen LogP contribution is 2.38. The fraction of sp³-hybridized carbons (Fsp3) is 0. The minimum atomic E-state index is 0.549. The number of nitriles is 3. The Morgan fingerprint density at radius 3 is 1.92 bits per heavy atom. The number of aromatic nitrogens is 2. The number of furan rings is 1. The van der Waals surface area contributed by atoms with Crippen molar-refractivity contribution in [3.63, 3.8) is 0 Å². The second kappa shape index (κ2) is 11.4. The molecule has 0 fully saturated rings. The van der Waals surface area contributed by atoms with E-state index in [4.69, 9.17) is 9.40 Å². The fourth-order valence-electron chi connectivity index (χ4n) is 6.95. The third-order valence-corrected chi connectivity index (χ3v) is 9.28. The van der Waals surface area contributed by atoms with Gasteiger partial charge in [0.25, 0.3) is 0 Å². The van der Waals surface area contributed by atoms with E-state index in [2.05, 4.69) is 59.2 Å². The number of benzene rings is 6. The van der Waals surface area contributed by atoms with Crippen LogP contribution in [0.4, 0.5) is 0 Å². The van der Waals surface area contributed by atoms with Gasteiger partial charge in [0.05, 0.1) is 57.3 Å². The monoisotopic (exact) mass is 637 g/mol. The van der Waals surface area contributed by atoms with Crippen molar-refractivity contribution in [3.8, 4) is 57.5 Å². The van der Waals surface area contributed by atoms with Crippen LogP contribution in [-0.2, 0) is 0 Å². The Morgan fingerprint density at radius 2 is 1.16 bits per heavy atom. The predicted molar refractivity (Wildman–Crippen MR) is 196 cm³/mol. The number of fused-ring (bicyclic) bond motifs is 6. The normalized spacial score (nSPS) is 11.1. The maximum atomic E-state index is 9.81. The Kier molecular flexibility index (Phi) is 6.53. The zero-order chi connectivity index (χ0) is 33.8. The van der Waals surface area contributed by atoms with Gasteiger partial charge in [-0.15, -0.1) is 0 Å². The molecule has 6 heteroatoms. The zero-order valence-corrected chi connectivity index (χ0v) is 26.4. The first kappa shape index (κ1) is 28.7. The molecule has 9 aromatic rings. The molecule has 0 bridgehead atoms. The van der Waals surface area contributed by atoms with Crippen molar-refractivity contribution in [1.29, 1.82) is 15.8 Å². The molecule has 0 atom stereocenters. The van der Waals surface area contributed by atoms with E-state index in [0.29, 0.717) is 22.4 Å². The summed E-state index contributed by atoms with van der Waals surface area (Å²) in [5.74, 6) is 0. The van der Waals surface area contributed by atoms with Gasteiger partial charge in [0.1, 0.15) is 11.2 Å². The van der Waals surface area contributed by atoms with Gasteiger partial charge < -0.3 is 8.98 Å². The van der Waals surface area contributed by atoms with Crippen LogP contribution >= 0.6 is 0 Å². The molecular weight excluding hydrogens is 615 g/mol. The Labute approximate surface area is 286 Å². The van der Waals surface area contributed by atoms with Crippen LogP contribution in [0.15, 0.2) is 144 Å². The molecule has 6 aromatic carbocycles. The Bertz CT molecular complexity index is 2910. The minimum absolute atomic E-state index is 0.549. The highest BCUT2D eigenvalue weighted by molar-refractivity contribution is 6.10. The lowest BCUT2D eigenvalue weighted by atomic mass is 9.98. The molecule has 0 radical (unpaired) electrons. The van der Waals surface area contributed by atoms with Crippen molar-refractivity contribution in [2.45, 2.75) is 0 Å². The van der Waals surface area contributed by atoms with Crippen LogP contribution in [0.2, 0.25) is 0 Å². The van der Waals surface area contributed by atoms with Crippen LogP contribution in [0.5, 0.6) is 0 Å². The maximum Gasteiger partial charge on any atom is 0.135 e. The minimum Gasteiger partial charge on any atom is -0.456 e. The van der Waals surface area contributed by atoms with Crippen LogP contribution in [0.1, 0.15) is 16.7 Å². The molecule has 0 aliphatic heterocycles. The standard InChI is InChI=1S/C44H23N5O/c45-24-27-12-15-41-36(18-27)37-19-28(25-46)13-16-42(37)49(41)33-21-31(29-14-17-44-38(23-29)35-8-3-4-11-43(35)50-44)20-32(22-33)39-9-5-10-40(48-39)34-7-2-1-6-30(34)26-47/h1-23H. The third-order valence-electron chi connectivity index (χ3n) is 9.28. The largest absolute Gasteiger partial charge is 0.456 e. The van der Waals surface area contributed by atoms with E-state index in [1.54, 1.807) is 6.07 Å². The van der Waals surface area contributed by atoms with Crippen molar-refractivity contribution in [2.24, 2.45) is 0 Å². The van der Waals surface area contributed by atoms with Crippen molar-refractivity contribution in [3.05, 3.63) is 156 Å². The SMILES string of the molecule is N#Cc1ccc2c(c1)c1cc(C#N)ccc1n2-c1cc(-c2ccc3oc4ccccc4c3c2)cc(-c2cccc(-c3ccccc3C#N)n2)c1. The summed E-state index contributed by atoms with van der Waals surface area (Å²) in [6, 6.07) is 52.3. The lowest BCUT2D eigenvalue weighted by Gasteiger charge is -2.14. The van der Waals surface area contributed by atoms with Crippen molar-refractivity contribution in [1.82, 2.24) is 9.55 Å². The van der Waals surface area contributed by atoms with E-state index in [-0.39, 0.29) is 0 Å². The highest BCUT2D eigenvalue weighted by Gasteiger charge is 2.17. The average molecular weight is 638 g/mol. The molecule has 0 saturated carbocycles. The van der Waals surface area contributed by atoms with E-state index in [0.717, 1.165) is 77.4 Å². The smallest absolute Gasteiger partial charge is 0.135 e. The first-order valence-corrected chi connectivity index (χ1v) is 16.0. The van der Waals surface area contributed by atoms with Crippen molar-refractivity contribution >= 4 is 43.7 Å². The first-order valence-electron chi connectivity index (χ1n) is 16.0. The van der Waals surface area contributed by atoms with E-state index < -0.39 is 0 Å². The van der Waals surface area contributed by atoms with Crippen molar-refractivity contribution < 1.29 is 4.42 Å². The average Bonchev–Trinajstić information content (AvgIpc) is 3.72. The van der Waals surface area contributed by atoms with Gasteiger partial charge in [-0.2, -0.15) is 15.8 Å². The number of para-hydroxylation sites is 1. The summed E-state index contributed by atoms with van der Waals surface area (Å²) in [6.45, 7) is 0. The van der Waals surface area contributed by atoms with Crippen LogP contribution < -0.4 is 0 Å². The molecule has 50 heavy (non-hydrogen) atoms. The quantitative estimate of drug-likeness (QED) is 0.191. The predicted octanol–water partition coefficient (Wildman–Crippen LogP) is 10.7. The van der Waals surface area contributed by atoms with Gasteiger partial charge in [0.15, 0.2) is 0 Å². The number of rotatable bonds is 4. The second-order valence-corrected chi connectivity index (χ2v) is 12.2. The van der Waals surface area contributed by atoms with Crippen molar-refractivity contribution in [2.75, 3.05) is 0 Å². The molecule has 3 heterocycles. The van der Waals surface area contributed by atoms with E-state index >= 15 is 0 Å². The molecular formula is C44H23N5O. The van der Waals surface area contributed by atoms with Gasteiger partial charge >= 0.3 is 0 Å². The maximum absolute atomic E-state index is 9.81. The summed E-state index contributed by atoms with van der Waals surface area (Å²) in [5, 5.41) is 33.2. The van der Waals surface area contributed by atoms with E-state index in [1.807, 2.05) is 97.1 Å². The fourth-order valence-corrected chi connectivity index (χ4v) is 6.95.